The van der Waals surface area contributed by atoms with E-state index in [1.807, 2.05) is 11.8 Å². The van der Waals surface area contributed by atoms with Crippen molar-refractivity contribution in [1.82, 2.24) is 5.32 Å². The van der Waals surface area contributed by atoms with Gasteiger partial charge in [-0.05, 0) is 36.6 Å². The Bertz CT molecular complexity index is 307. The quantitative estimate of drug-likeness (QED) is 0.822. The van der Waals surface area contributed by atoms with Crippen molar-refractivity contribution in [3.63, 3.8) is 0 Å². The van der Waals surface area contributed by atoms with Crippen molar-refractivity contribution in [2.24, 2.45) is 0 Å². The maximum atomic E-state index is 3.63. The monoisotopic (exact) mass is 221 g/mol. The minimum atomic E-state index is 0.500. The summed E-state index contributed by atoms with van der Waals surface area (Å²) < 4.78 is 0. The molecule has 1 saturated heterocycles. The van der Waals surface area contributed by atoms with Gasteiger partial charge in [0.2, 0.25) is 0 Å². The van der Waals surface area contributed by atoms with Crippen LogP contribution in [0.3, 0.4) is 0 Å². The largest absolute Gasteiger partial charge is 0.299 e. The summed E-state index contributed by atoms with van der Waals surface area (Å²) in [5.41, 5.74) is 2.84. The molecule has 0 aliphatic carbocycles. The van der Waals surface area contributed by atoms with Crippen molar-refractivity contribution in [3.8, 4) is 0 Å². The van der Waals surface area contributed by atoms with Gasteiger partial charge in [0, 0.05) is 6.04 Å². The van der Waals surface area contributed by atoms with Crippen LogP contribution in [0.2, 0.25) is 0 Å². The Morgan fingerprint density at radius 1 is 1.33 bits per heavy atom. The molecule has 1 N–H and O–H groups in total. The molecule has 1 aromatic rings. The summed E-state index contributed by atoms with van der Waals surface area (Å²) in [5, 5.41) is 4.13. The maximum Gasteiger partial charge on any atom is 0.0791 e. The Balaban J connectivity index is 2.07. The summed E-state index contributed by atoms with van der Waals surface area (Å²) in [5.74, 6) is 1.27. The van der Waals surface area contributed by atoms with Gasteiger partial charge in [0.1, 0.15) is 0 Å². The Labute approximate surface area is 96.7 Å². The average molecular weight is 221 g/mol. The van der Waals surface area contributed by atoms with Gasteiger partial charge in [0.15, 0.2) is 0 Å². The lowest BCUT2D eigenvalue weighted by Gasteiger charge is -2.28. The van der Waals surface area contributed by atoms with E-state index in [9.17, 15) is 0 Å². The number of hydrogen-bond acceptors (Lipinski definition) is 2. The second kappa shape index (κ2) is 5.04. The fourth-order valence-electron chi connectivity index (χ4n) is 1.87. The third-order valence-corrected chi connectivity index (χ3v) is 4.17. The van der Waals surface area contributed by atoms with Crippen LogP contribution in [-0.4, -0.2) is 11.8 Å². The SMILES string of the molecule is CCc1ccc(C2NC(C)CCS2)cc1. The summed E-state index contributed by atoms with van der Waals surface area (Å²) in [7, 11) is 0. The molecule has 0 aromatic heterocycles. The molecule has 1 aromatic carbocycles. The fourth-order valence-corrected chi connectivity index (χ4v) is 3.28. The summed E-state index contributed by atoms with van der Waals surface area (Å²) in [6.45, 7) is 4.47. The lowest BCUT2D eigenvalue weighted by molar-refractivity contribution is 0.512. The number of thioether (sulfide) groups is 1. The molecule has 2 heteroatoms. The summed E-state index contributed by atoms with van der Waals surface area (Å²) in [4.78, 5) is 0. The molecular weight excluding hydrogens is 202 g/mol. The minimum Gasteiger partial charge on any atom is -0.299 e. The third kappa shape index (κ3) is 2.76. The van der Waals surface area contributed by atoms with E-state index in [4.69, 9.17) is 0 Å². The molecule has 15 heavy (non-hydrogen) atoms. The molecule has 1 aliphatic rings. The molecule has 1 fully saturated rings. The summed E-state index contributed by atoms with van der Waals surface area (Å²) in [6, 6.07) is 9.68. The normalized spacial score (nSPS) is 26.5. The Morgan fingerprint density at radius 3 is 2.67 bits per heavy atom. The van der Waals surface area contributed by atoms with Crippen LogP contribution in [0.1, 0.15) is 36.8 Å². The molecule has 82 valence electrons. The second-order valence-electron chi connectivity index (χ2n) is 4.20. The van der Waals surface area contributed by atoms with Crippen molar-refractivity contribution in [3.05, 3.63) is 35.4 Å². The summed E-state index contributed by atoms with van der Waals surface area (Å²) in [6.07, 6.45) is 2.41. The third-order valence-electron chi connectivity index (χ3n) is 2.96. The molecule has 0 spiro atoms. The highest BCUT2D eigenvalue weighted by molar-refractivity contribution is 7.99. The number of nitrogens with one attached hydrogen (secondary N) is 1. The van der Waals surface area contributed by atoms with Crippen molar-refractivity contribution < 1.29 is 0 Å². The smallest absolute Gasteiger partial charge is 0.0791 e. The molecule has 0 bridgehead atoms. The summed E-state index contributed by atoms with van der Waals surface area (Å²) >= 11 is 2.02. The van der Waals surface area contributed by atoms with Crippen LogP contribution >= 0.6 is 11.8 Å². The van der Waals surface area contributed by atoms with Crippen LogP contribution in [0.5, 0.6) is 0 Å². The van der Waals surface area contributed by atoms with Gasteiger partial charge in [-0.3, -0.25) is 5.32 Å². The Hall–Kier alpha value is -0.470. The lowest BCUT2D eigenvalue weighted by Crippen LogP contribution is -2.33. The molecule has 0 saturated carbocycles. The molecule has 2 rings (SSSR count). The topological polar surface area (TPSA) is 12.0 Å². The van der Waals surface area contributed by atoms with Gasteiger partial charge in [-0.2, -0.15) is 0 Å². The van der Waals surface area contributed by atoms with E-state index in [0.29, 0.717) is 11.4 Å². The molecule has 2 unspecified atom stereocenters. The highest BCUT2D eigenvalue weighted by Crippen LogP contribution is 2.31. The first-order valence-electron chi connectivity index (χ1n) is 5.76. The first kappa shape index (κ1) is 11.0. The number of hydrogen-bond donors (Lipinski definition) is 1. The van der Waals surface area contributed by atoms with Gasteiger partial charge in [0.05, 0.1) is 5.37 Å². The zero-order chi connectivity index (χ0) is 10.7. The van der Waals surface area contributed by atoms with Gasteiger partial charge < -0.3 is 0 Å². The predicted molar refractivity (Wildman–Crippen MR) is 68.2 cm³/mol. The van der Waals surface area contributed by atoms with Crippen LogP contribution in [0, 0.1) is 0 Å². The maximum absolute atomic E-state index is 3.63. The van der Waals surface area contributed by atoms with Crippen molar-refractivity contribution in [2.75, 3.05) is 5.75 Å². The minimum absolute atomic E-state index is 0.500. The Morgan fingerprint density at radius 2 is 2.07 bits per heavy atom. The van der Waals surface area contributed by atoms with Gasteiger partial charge in [-0.25, -0.2) is 0 Å². The van der Waals surface area contributed by atoms with E-state index in [0.717, 1.165) is 6.42 Å². The molecule has 2 atom stereocenters. The Kier molecular flexibility index (Phi) is 3.71. The molecule has 0 radical (unpaired) electrons. The highest BCUT2D eigenvalue weighted by atomic mass is 32.2. The van der Waals surface area contributed by atoms with Crippen LogP contribution in [0.4, 0.5) is 0 Å². The standard InChI is InChI=1S/C13H19NS/c1-3-11-4-6-12(7-5-11)13-14-10(2)8-9-15-13/h4-7,10,13-14H,3,8-9H2,1-2H3. The molecule has 1 heterocycles. The van der Waals surface area contributed by atoms with E-state index in [1.54, 1.807) is 0 Å². The van der Waals surface area contributed by atoms with Crippen LogP contribution < -0.4 is 5.32 Å². The van der Waals surface area contributed by atoms with Crippen LogP contribution in [0.25, 0.3) is 0 Å². The average Bonchev–Trinajstić information content (AvgIpc) is 2.29. The van der Waals surface area contributed by atoms with E-state index in [2.05, 4.69) is 43.4 Å². The fraction of sp³-hybridized carbons (Fsp3) is 0.538. The zero-order valence-corrected chi connectivity index (χ0v) is 10.3. The first-order valence-corrected chi connectivity index (χ1v) is 6.81. The molecule has 0 amide bonds. The van der Waals surface area contributed by atoms with Gasteiger partial charge in [-0.15, -0.1) is 11.8 Å². The van der Waals surface area contributed by atoms with Crippen molar-refractivity contribution in [2.45, 2.75) is 38.1 Å². The molecular formula is C13H19NS. The highest BCUT2D eigenvalue weighted by Gasteiger charge is 2.19. The zero-order valence-electron chi connectivity index (χ0n) is 9.49. The molecule has 1 nitrogen and oxygen atoms in total. The second-order valence-corrected chi connectivity index (χ2v) is 5.42. The van der Waals surface area contributed by atoms with E-state index in [-0.39, 0.29) is 0 Å². The lowest BCUT2D eigenvalue weighted by atomic mass is 10.1. The number of rotatable bonds is 2. The van der Waals surface area contributed by atoms with E-state index < -0.39 is 0 Å². The van der Waals surface area contributed by atoms with Crippen molar-refractivity contribution in [1.29, 1.82) is 0 Å². The number of benzene rings is 1. The number of aryl methyl sites for hydroxylation is 1. The van der Waals surface area contributed by atoms with E-state index >= 15 is 0 Å². The predicted octanol–water partition coefficient (Wildman–Crippen LogP) is 3.36. The van der Waals surface area contributed by atoms with Gasteiger partial charge >= 0.3 is 0 Å². The van der Waals surface area contributed by atoms with Gasteiger partial charge in [-0.1, -0.05) is 31.2 Å². The van der Waals surface area contributed by atoms with Crippen LogP contribution in [0.15, 0.2) is 24.3 Å². The van der Waals surface area contributed by atoms with E-state index in [1.165, 1.54) is 23.3 Å². The molecule has 1 aliphatic heterocycles. The van der Waals surface area contributed by atoms with Crippen LogP contribution in [-0.2, 0) is 6.42 Å². The van der Waals surface area contributed by atoms with Gasteiger partial charge in [0.25, 0.3) is 0 Å². The van der Waals surface area contributed by atoms with Crippen molar-refractivity contribution >= 4 is 11.8 Å². The first-order chi connectivity index (χ1) is 7.29.